The van der Waals surface area contributed by atoms with Crippen LogP contribution in [0, 0.1) is 0 Å². The lowest BCUT2D eigenvalue weighted by molar-refractivity contribution is -0.204. The van der Waals surface area contributed by atoms with Crippen molar-refractivity contribution in [2.75, 3.05) is 13.1 Å². The van der Waals surface area contributed by atoms with Crippen molar-refractivity contribution in [1.29, 1.82) is 0 Å². The standard InChI is InChI=1S/C13H12F2N4O4/c14-13(15,11(21)22)12(23)3-5-18(7-12)10(20)8-6-17-19-9(8)2-1-4-16-19/h1-2,4,6,23H,3,5,7H2,(H,21,22). The van der Waals surface area contributed by atoms with Gasteiger partial charge >= 0.3 is 11.9 Å². The zero-order chi connectivity index (χ0) is 16.8. The van der Waals surface area contributed by atoms with E-state index in [4.69, 9.17) is 5.11 Å². The Hall–Kier alpha value is -2.62. The Morgan fingerprint density at radius 2 is 2.09 bits per heavy atom. The quantitative estimate of drug-likeness (QED) is 0.824. The number of carboxylic acid groups (broad SMARTS) is 1. The average Bonchev–Trinajstić information content (AvgIpc) is 3.11. The number of carbonyl (C=O) groups is 2. The number of likely N-dealkylation sites (tertiary alicyclic amines) is 1. The van der Waals surface area contributed by atoms with E-state index >= 15 is 0 Å². The second-order valence-electron chi connectivity index (χ2n) is 5.34. The van der Waals surface area contributed by atoms with Crippen LogP contribution >= 0.6 is 0 Å². The van der Waals surface area contributed by atoms with E-state index < -0.39 is 36.4 Å². The molecule has 2 aromatic rings. The first-order valence-corrected chi connectivity index (χ1v) is 6.68. The number of hydrogen-bond acceptors (Lipinski definition) is 5. The van der Waals surface area contributed by atoms with Gasteiger partial charge in [-0.3, -0.25) is 4.79 Å². The van der Waals surface area contributed by atoms with E-state index in [0.717, 1.165) is 4.90 Å². The molecule has 1 fully saturated rings. The third-order valence-corrected chi connectivity index (χ3v) is 3.92. The first-order chi connectivity index (χ1) is 10.8. The number of rotatable bonds is 3. The molecule has 0 aliphatic carbocycles. The molecule has 1 aliphatic heterocycles. The lowest BCUT2D eigenvalue weighted by atomic mass is 9.95. The van der Waals surface area contributed by atoms with E-state index in [0.29, 0.717) is 5.52 Å². The molecule has 1 unspecified atom stereocenters. The predicted molar refractivity (Wildman–Crippen MR) is 71.0 cm³/mol. The molecule has 0 bridgehead atoms. The fourth-order valence-corrected chi connectivity index (χ4v) is 2.59. The van der Waals surface area contributed by atoms with Gasteiger partial charge in [-0.25, -0.2) is 4.79 Å². The first kappa shape index (κ1) is 15.3. The van der Waals surface area contributed by atoms with Crippen molar-refractivity contribution in [2.45, 2.75) is 17.9 Å². The summed E-state index contributed by atoms with van der Waals surface area (Å²) in [6.45, 7) is -0.960. The van der Waals surface area contributed by atoms with Gasteiger partial charge in [0.05, 0.1) is 18.3 Å². The molecule has 23 heavy (non-hydrogen) atoms. The molecule has 1 atom stereocenters. The molecule has 0 aromatic carbocycles. The maximum Gasteiger partial charge on any atom is 0.377 e. The maximum absolute atomic E-state index is 13.7. The summed E-state index contributed by atoms with van der Waals surface area (Å²) in [5.74, 6) is -7.38. The summed E-state index contributed by atoms with van der Waals surface area (Å²) in [6, 6.07) is 3.17. The van der Waals surface area contributed by atoms with Crippen molar-refractivity contribution in [2.24, 2.45) is 0 Å². The van der Waals surface area contributed by atoms with Gasteiger partial charge in [0.25, 0.3) is 5.91 Å². The Labute approximate surface area is 127 Å². The lowest BCUT2D eigenvalue weighted by Gasteiger charge is -2.28. The molecule has 8 nitrogen and oxygen atoms in total. The molecule has 0 saturated carbocycles. The molecule has 0 spiro atoms. The van der Waals surface area contributed by atoms with Crippen molar-refractivity contribution in [3.8, 4) is 0 Å². The molecular formula is C13H12F2N4O4. The second-order valence-corrected chi connectivity index (χ2v) is 5.34. The molecule has 2 aromatic heterocycles. The summed E-state index contributed by atoms with van der Waals surface area (Å²) >= 11 is 0. The fraction of sp³-hybridized carbons (Fsp3) is 0.385. The van der Waals surface area contributed by atoms with Crippen LogP contribution in [0.25, 0.3) is 5.52 Å². The van der Waals surface area contributed by atoms with Crippen LogP contribution in [0.1, 0.15) is 16.8 Å². The zero-order valence-electron chi connectivity index (χ0n) is 11.7. The zero-order valence-corrected chi connectivity index (χ0v) is 11.7. The third kappa shape index (κ3) is 2.22. The van der Waals surface area contributed by atoms with Gasteiger partial charge in [0, 0.05) is 19.2 Å². The van der Waals surface area contributed by atoms with Crippen molar-refractivity contribution >= 4 is 17.4 Å². The summed E-state index contributed by atoms with van der Waals surface area (Å²) < 4.78 is 28.5. The normalized spacial score (nSPS) is 21.8. The topological polar surface area (TPSA) is 108 Å². The highest BCUT2D eigenvalue weighted by atomic mass is 19.3. The van der Waals surface area contributed by atoms with Crippen LogP contribution in [0.3, 0.4) is 0 Å². The van der Waals surface area contributed by atoms with Gasteiger partial charge < -0.3 is 15.1 Å². The fourth-order valence-electron chi connectivity index (χ4n) is 2.59. The van der Waals surface area contributed by atoms with Crippen LogP contribution < -0.4 is 0 Å². The van der Waals surface area contributed by atoms with E-state index in [2.05, 4.69) is 10.2 Å². The minimum absolute atomic E-state index is 0.140. The molecule has 10 heteroatoms. The summed E-state index contributed by atoms with van der Waals surface area (Å²) in [6.07, 6.45) is 2.18. The SMILES string of the molecule is O=C(c1cnn2ncccc12)N1CCC(O)(C(F)(F)C(=O)O)C1. The Kier molecular flexibility index (Phi) is 3.29. The largest absolute Gasteiger partial charge is 0.477 e. The number of aliphatic hydroxyl groups is 1. The average molecular weight is 326 g/mol. The monoisotopic (exact) mass is 326 g/mol. The minimum atomic E-state index is -4.34. The van der Waals surface area contributed by atoms with Gasteiger partial charge in [0.1, 0.15) is 5.52 Å². The van der Waals surface area contributed by atoms with Gasteiger partial charge in [-0.1, -0.05) is 0 Å². The molecular weight excluding hydrogens is 314 g/mol. The lowest BCUT2D eigenvalue weighted by Crippen LogP contribution is -2.55. The van der Waals surface area contributed by atoms with Crippen LogP contribution in [0.2, 0.25) is 0 Å². The highest BCUT2D eigenvalue weighted by molar-refractivity contribution is 6.00. The predicted octanol–water partition coefficient (Wildman–Crippen LogP) is 0.0262. The number of aromatic nitrogens is 3. The Morgan fingerprint density at radius 1 is 1.35 bits per heavy atom. The third-order valence-electron chi connectivity index (χ3n) is 3.92. The molecule has 3 rings (SSSR count). The number of alkyl halides is 2. The Bertz CT molecular complexity index is 793. The number of halogens is 2. The molecule has 122 valence electrons. The number of carbonyl (C=O) groups excluding carboxylic acids is 1. The van der Waals surface area contributed by atoms with E-state index in [1.54, 1.807) is 12.1 Å². The molecule has 1 amide bonds. The van der Waals surface area contributed by atoms with Gasteiger partial charge in [-0.05, 0) is 12.1 Å². The van der Waals surface area contributed by atoms with Crippen LogP contribution in [0.4, 0.5) is 8.78 Å². The highest BCUT2D eigenvalue weighted by Gasteiger charge is 2.62. The maximum atomic E-state index is 13.7. The van der Waals surface area contributed by atoms with E-state index in [-0.39, 0.29) is 12.1 Å². The first-order valence-electron chi connectivity index (χ1n) is 6.68. The van der Waals surface area contributed by atoms with Crippen LogP contribution in [0.15, 0.2) is 24.5 Å². The van der Waals surface area contributed by atoms with Crippen LogP contribution in [-0.4, -0.2) is 66.4 Å². The second kappa shape index (κ2) is 4.95. The number of aliphatic carboxylic acids is 1. The summed E-state index contributed by atoms with van der Waals surface area (Å²) in [5.41, 5.74) is -2.27. The summed E-state index contributed by atoms with van der Waals surface area (Å²) in [5, 5.41) is 26.3. The van der Waals surface area contributed by atoms with Crippen molar-refractivity contribution < 1.29 is 28.6 Å². The van der Waals surface area contributed by atoms with Gasteiger partial charge in [-0.2, -0.15) is 23.6 Å². The van der Waals surface area contributed by atoms with Crippen molar-refractivity contribution in [3.05, 3.63) is 30.1 Å². The number of carboxylic acids is 1. The Morgan fingerprint density at radius 3 is 2.78 bits per heavy atom. The number of fused-ring (bicyclic) bond motifs is 1. The van der Waals surface area contributed by atoms with Gasteiger partial charge in [0.15, 0.2) is 5.60 Å². The Balaban J connectivity index is 1.87. The number of amides is 1. The van der Waals surface area contributed by atoms with Crippen molar-refractivity contribution in [3.63, 3.8) is 0 Å². The smallest absolute Gasteiger partial charge is 0.377 e. The van der Waals surface area contributed by atoms with E-state index in [1.807, 2.05) is 0 Å². The highest BCUT2D eigenvalue weighted by Crippen LogP contribution is 2.37. The number of nitrogens with zero attached hydrogens (tertiary/aromatic N) is 4. The van der Waals surface area contributed by atoms with Crippen LogP contribution in [0.5, 0.6) is 0 Å². The molecule has 0 radical (unpaired) electrons. The van der Waals surface area contributed by atoms with Crippen LogP contribution in [-0.2, 0) is 4.79 Å². The summed E-state index contributed by atoms with van der Waals surface area (Å²) in [4.78, 5) is 24.1. The van der Waals surface area contributed by atoms with Gasteiger partial charge in [-0.15, -0.1) is 0 Å². The van der Waals surface area contributed by atoms with E-state index in [9.17, 15) is 23.5 Å². The van der Waals surface area contributed by atoms with Gasteiger partial charge in [0.2, 0.25) is 0 Å². The minimum Gasteiger partial charge on any atom is -0.477 e. The number of β-amino-alcohol motifs (C(OH)–C–C–N with tert-alkyl or cyclic N) is 1. The van der Waals surface area contributed by atoms with E-state index in [1.165, 1.54) is 17.0 Å². The molecule has 3 heterocycles. The summed E-state index contributed by atoms with van der Waals surface area (Å²) in [7, 11) is 0. The molecule has 2 N–H and O–H groups in total. The number of hydrogen-bond donors (Lipinski definition) is 2. The molecule has 1 saturated heterocycles. The van der Waals surface area contributed by atoms with Crippen molar-refractivity contribution in [1.82, 2.24) is 19.7 Å². The molecule has 1 aliphatic rings.